The molecule has 28 heavy (non-hydrogen) atoms. The fraction of sp³-hybridized carbons (Fsp3) is 0.238. The molecule has 2 rings (SSSR count). The van der Waals surface area contributed by atoms with Gasteiger partial charge in [-0.3, -0.25) is 9.59 Å². The summed E-state index contributed by atoms with van der Waals surface area (Å²) in [7, 11) is 1.46. The number of hydrogen-bond acceptors (Lipinski definition) is 5. The molecule has 0 aliphatic heterocycles. The Balaban J connectivity index is 2.17. The van der Waals surface area contributed by atoms with Crippen molar-refractivity contribution in [1.29, 1.82) is 5.26 Å². The molecular weight excluding hydrogens is 380 g/mol. The molecule has 0 unspecified atom stereocenters. The first-order chi connectivity index (χ1) is 13.2. The number of halogens is 1. The van der Waals surface area contributed by atoms with E-state index in [-0.39, 0.29) is 16.9 Å². The van der Waals surface area contributed by atoms with Crippen molar-refractivity contribution in [2.75, 3.05) is 13.7 Å². The zero-order valence-electron chi connectivity index (χ0n) is 15.7. The second-order valence-electron chi connectivity index (χ2n) is 6.58. The van der Waals surface area contributed by atoms with Gasteiger partial charge in [0.15, 0.2) is 12.4 Å². The Bertz CT molecular complexity index is 946. The van der Waals surface area contributed by atoms with Gasteiger partial charge < -0.3 is 9.64 Å². The minimum atomic E-state index is -1.04. The fourth-order valence-electron chi connectivity index (χ4n) is 2.30. The molecule has 0 fully saturated rings. The van der Waals surface area contributed by atoms with Crippen molar-refractivity contribution in [3.05, 3.63) is 70.2 Å². The number of likely N-dealkylation sites (N-methyl/N-ethyl adjacent to an activating group) is 1. The first-order valence-corrected chi connectivity index (χ1v) is 8.79. The molecule has 6 nitrogen and oxygen atoms in total. The molecule has 2 aromatic carbocycles. The summed E-state index contributed by atoms with van der Waals surface area (Å²) < 4.78 is 5.08. The maximum Gasteiger partial charge on any atom is 0.339 e. The van der Waals surface area contributed by atoms with Crippen molar-refractivity contribution in [3.8, 4) is 6.07 Å². The number of rotatable bonds is 6. The van der Waals surface area contributed by atoms with Gasteiger partial charge in [-0.25, -0.2) is 4.79 Å². The molecule has 0 atom stereocenters. The van der Waals surface area contributed by atoms with Gasteiger partial charge in [0.1, 0.15) is 5.54 Å². The maximum absolute atomic E-state index is 12.7. The molecule has 0 aliphatic carbocycles. The first-order valence-electron chi connectivity index (χ1n) is 8.41. The molecule has 144 valence electrons. The van der Waals surface area contributed by atoms with Gasteiger partial charge in [0, 0.05) is 23.2 Å². The Morgan fingerprint density at radius 1 is 1.07 bits per heavy atom. The van der Waals surface area contributed by atoms with Gasteiger partial charge >= 0.3 is 5.97 Å². The van der Waals surface area contributed by atoms with Crippen LogP contribution in [-0.2, 0) is 9.53 Å². The van der Waals surface area contributed by atoms with Gasteiger partial charge in [0.25, 0.3) is 5.91 Å². The summed E-state index contributed by atoms with van der Waals surface area (Å²) in [6.45, 7) is 2.61. The zero-order chi connectivity index (χ0) is 20.9. The lowest BCUT2D eigenvalue weighted by molar-refractivity contribution is -0.136. The van der Waals surface area contributed by atoms with Crippen LogP contribution < -0.4 is 0 Å². The Morgan fingerprint density at radius 3 is 2.21 bits per heavy atom. The molecule has 0 saturated heterocycles. The number of ether oxygens (including phenoxy) is 1. The number of benzene rings is 2. The van der Waals surface area contributed by atoms with Crippen LogP contribution in [0.2, 0.25) is 5.02 Å². The summed E-state index contributed by atoms with van der Waals surface area (Å²) in [6, 6.07) is 14.5. The number of nitrogens with zero attached hydrogens (tertiary/aromatic N) is 2. The molecule has 0 saturated carbocycles. The minimum absolute atomic E-state index is 0.0532. The highest BCUT2D eigenvalue weighted by molar-refractivity contribution is 6.30. The summed E-state index contributed by atoms with van der Waals surface area (Å²) >= 11 is 5.84. The smallest absolute Gasteiger partial charge is 0.339 e. The molecule has 0 heterocycles. The van der Waals surface area contributed by atoms with Gasteiger partial charge in [0.05, 0.1) is 11.6 Å². The van der Waals surface area contributed by atoms with Crippen LogP contribution in [0.1, 0.15) is 40.1 Å². The van der Waals surface area contributed by atoms with Crippen LogP contribution in [0.4, 0.5) is 0 Å². The first kappa shape index (κ1) is 21.1. The second-order valence-corrected chi connectivity index (χ2v) is 7.02. The molecule has 7 heteroatoms. The Labute approximate surface area is 168 Å². The molecule has 0 bridgehead atoms. The van der Waals surface area contributed by atoms with Crippen LogP contribution in [0.15, 0.2) is 48.5 Å². The summed E-state index contributed by atoms with van der Waals surface area (Å²) in [5.74, 6) is -1.69. The highest BCUT2D eigenvalue weighted by Gasteiger charge is 2.28. The Morgan fingerprint density at radius 2 is 1.64 bits per heavy atom. The number of amides is 1. The molecule has 0 spiro atoms. The number of esters is 1. The minimum Gasteiger partial charge on any atom is -0.452 e. The molecule has 0 radical (unpaired) electrons. The molecule has 0 N–H and O–H groups in total. The van der Waals surface area contributed by atoms with Gasteiger partial charge in [-0.15, -0.1) is 0 Å². The van der Waals surface area contributed by atoms with Crippen molar-refractivity contribution >= 4 is 29.3 Å². The summed E-state index contributed by atoms with van der Waals surface area (Å²) in [5.41, 5.74) is -0.451. The van der Waals surface area contributed by atoms with E-state index in [4.69, 9.17) is 21.6 Å². The number of nitriles is 1. The van der Waals surface area contributed by atoms with Gasteiger partial charge in [-0.2, -0.15) is 5.26 Å². The van der Waals surface area contributed by atoms with E-state index in [1.54, 1.807) is 50.2 Å². The summed E-state index contributed by atoms with van der Waals surface area (Å²) in [5, 5.41) is 9.59. The van der Waals surface area contributed by atoms with Gasteiger partial charge in [-0.1, -0.05) is 29.8 Å². The number of carbonyl (C=O) groups is 3. The zero-order valence-corrected chi connectivity index (χ0v) is 16.5. The third-order valence-electron chi connectivity index (χ3n) is 4.31. The standard InChI is InChI=1S/C21H19ClN2O4/c1-21(2,13-23)24(3)18(25)12-28-20(27)17-7-5-4-6-16(17)19(26)14-8-10-15(22)11-9-14/h4-11H,12H2,1-3H3. The highest BCUT2D eigenvalue weighted by atomic mass is 35.5. The lowest BCUT2D eigenvalue weighted by atomic mass is 9.98. The van der Waals surface area contributed by atoms with E-state index < -0.39 is 24.0 Å². The van der Waals surface area contributed by atoms with Crippen LogP contribution in [0.5, 0.6) is 0 Å². The third-order valence-corrected chi connectivity index (χ3v) is 4.56. The third kappa shape index (κ3) is 4.76. The quantitative estimate of drug-likeness (QED) is 0.549. The Kier molecular flexibility index (Phi) is 6.55. The Hall–Kier alpha value is -3.17. The topological polar surface area (TPSA) is 87.5 Å². The maximum atomic E-state index is 12.7. The molecule has 0 aromatic heterocycles. The van der Waals surface area contributed by atoms with Crippen LogP contribution in [0.25, 0.3) is 0 Å². The molecule has 1 amide bonds. The normalized spacial score (nSPS) is 10.7. The predicted molar refractivity (Wildman–Crippen MR) is 104 cm³/mol. The largest absolute Gasteiger partial charge is 0.452 e. The number of hydrogen-bond donors (Lipinski definition) is 0. The van der Waals surface area contributed by atoms with Crippen LogP contribution in [-0.4, -0.2) is 41.8 Å². The monoisotopic (exact) mass is 398 g/mol. The SMILES string of the molecule is CN(C(=O)COC(=O)c1ccccc1C(=O)c1ccc(Cl)cc1)C(C)(C)C#N. The van der Waals surface area contributed by atoms with Crippen molar-refractivity contribution in [2.45, 2.75) is 19.4 Å². The van der Waals surface area contributed by atoms with E-state index in [0.29, 0.717) is 10.6 Å². The summed E-state index contributed by atoms with van der Waals surface area (Å²) in [6.07, 6.45) is 0. The van der Waals surface area contributed by atoms with Crippen molar-refractivity contribution < 1.29 is 19.1 Å². The van der Waals surface area contributed by atoms with E-state index in [9.17, 15) is 14.4 Å². The van der Waals surface area contributed by atoms with Crippen LogP contribution in [0.3, 0.4) is 0 Å². The lowest BCUT2D eigenvalue weighted by Gasteiger charge is -2.28. The summed E-state index contributed by atoms with van der Waals surface area (Å²) in [4.78, 5) is 38.6. The second kappa shape index (κ2) is 8.68. The van der Waals surface area contributed by atoms with Crippen molar-refractivity contribution in [3.63, 3.8) is 0 Å². The van der Waals surface area contributed by atoms with E-state index in [1.807, 2.05) is 6.07 Å². The number of ketones is 1. The van der Waals surface area contributed by atoms with E-state index in [2.05, 4.69) is 0 Å². The van der Waals surface area contributed by atoms with Gasteiger partial charge in [0.2, 0.25) is 0 Å². The van der Waals surface area contributed by atoms with Crippen LogP contribution in [0, 0.1) is 11.3 Å². The average Bonchev–Trinajstić information content (AvgIpc) is 2.71. The van der Waals surface area contributed by atoms with Gasteiger partial charge in [-0.05, 0) is 44.2 Å². The van der Waals surface area contributed by atoms with Crippen LogP contribution >= 0.6 is 11.6 Å². The predicted octanol–water partition coefficient (Wildman–Crippen LogP) is 3.49. The molecular formula is C21H19ClN2O4. The molecule has 0 aliphatic rings. The van der Waals surface area contributed by atoms with Crippen molar-refractivity contribution in [1.82, 2.24) is 4.90 Å². The van der Waals surface area contributed by atoms with E-state index >= 15 is 0 Å². The van der Waals surface area contributed by atoms with Crippen molar-refractivity contribution in [2.24, 2.45) is 0 Å². The average molecular weight is 399 g/mol. The number of carbonyl (C=O) groups excluding carboxylic acids is 3. The highest BCUT2D eigenvalue weighted by Crippen LogP contribution is 2.18. The van der Waals surface area contributed by atoms with E-state index in [0.717, 1.165) is 0 Å². The fourth-order valence-corrected chi connectivity index (χ4v) is 2.43. The lowest BCUT2D eigenvalue weighted by Crippen LogP contribution is -2.45. The molecule has 2 aromatic rings. The van der Waals surface area contributed by atoms with E-state index in [1.165, 1.54) is 24.1 Å².